The van der Waals surface area contributed by atoms with Crippen molar-refractivity contribution in [2.75, 3.05) is 0 Å². The van der Waals surface area contributed by atoms with Crippen LogP contribution in [0.15, 0.2) is 12.2 Å². The largest absolute Gasteiger partial charge is 0.478 e. The highest BCUT2D eigenvalue weighted by Crippen LogP contribution is 2.12. The molecule has 0 bridgehead atoms. The number of allylic oxidation sites excluding steroid dienone is 1. The number of aliphatic carboxylic acids is 1. The van der Waals surface area contributed by atoms with E-state index < -0.39 is 5.97 Å². The van der Waals surface area contributed by atoms with Gasteiger partial charge in [0.25, 0.3) is 0 Å². The zero-order valence-electron chi connectivity index (χ0n) is 13.4. The highest BCUT2D eigenvalue weighted by atomic mass is 27.0. The maximum Gasteiger partial charge on any atom is 0.327 e. The minimum absolute atomic E-state index is 0. The van der Waals surface area contributed by atoms with Gasteiger partial charge >= 0.3 is 5.97 Å². The van der Waals surface area contributed by atoms with Gasteiger partial charge in [0.2, 0.25) is 0 Å². The summed E-state index contributed by atoms with van der Waals surface area (Å²) in [7, 11) is 0. The molecule has 124 valence electrons. The first-order valence-corrected chi connectivity index (χ1v) is 8.67. The minimum atomic E-state index is -0.834. The van der Waals surface area contributed by atoms with Crippen LogP contribution in [0.5, 0.6) is 0 Å². The highest BCUT2D eigenvalue weighted by molar-refractivity contribution is 5.79. The molecule has 1 N–H and O–H groups in total. The summed E-state index contributed by atoms with van der Waals surface area (Å²) in [5, 5.41) is 8.43. The van der Waals surface area contributed by atoms with Crippen LogP contribution in [0.1, 0.15) is 96.8 Å². The summed E-state index contributed by atoms with van der Waals surface area (Å²) in [6.07, 6.45) is 21.6. The van der Waals surface area contributed by atoms with Crippen LogP contribution in [0.3, 0.4) is 0 Å². The van der Waals surface area contributed by atoms with Crippen molar-refractivity contribution in [3.63, 3.8) is 0 Å². The van der Waals surface area contributed by atoms with Crippen molar-refractivity contribution in [2.45, 2.75) is 96.8 Å². The second-order valence-electron chi connectivity index (χ2n) is 5.77. The summed E-state index contributed by atoms with van der Waals surface area (Å²) in [5.41, 5.74) is 0. The molecule has 0 aromatic rings. The van der Waals surface area contributed by atoms with Gasteiger partial charge in [0.05, 0.1) is 0 Å². The normalized spacial score (nSPS) is 10.7. The van der Waals surface area contributed by atoms with Crippen LogP contribution >= 0.6 is 0 Å². The summed E-state index contributed by atoms with van der Waals surface area (Å²) in [5.74, 6) is -0.834. The van der Waals surface area contributed by atoms with E-state index >= 15 is 0 Å². The van der Waals surface area contributed by atoms with Crippen molar-refractivity contribution in [3.05, 3.63) is 12.2 Å². The molecule has 0 atom stereocenters. The van der Waals surface area contributed by atoms with Crippen molar-refractivity contribution in [1.82, 2.24) is 0 Å². The third-order valence-corrected chi connectivity index (χ3v) is 3.73. The molecule has 0 aromatic heterocycles. The zero-order valence-corrected chi connectivity index (χ0v) is 13.4. The molecule has 0 aromatic carbocycles. The lowest BCUT2D eigenvalue weighted by atomic mass is 10.0. The summed E-state index contributed by atoms with van der Waals surface area (Å²) in [6.45, 7) is 2.27. The molecule has 2 nitrogen and oxygen atoms in total. The summed E-state index contributed by atoms with van der Waals surface area (Å²) in [4.78, 5) is 10.2. The smallest absolute Gasteiger partial charge is 0.327 e. The SMILES string of the molecule is CCCCCCCCCCCCCCCC=CC(=O)O.[AlH3]. The zero-order chi connectivity index (χ0) is 14.9. The number of rotatable bonds is 15. The van der Waals surface area contributed by atoms with E-state index in [9.17, 15) is 4.79 Å². The van der Waals surface area contributed by atoms with Gasteiger partial charge in [-0.1, -0.05) is 90.0 Å². The molecular formula is C18H37AlO2. The number of carboxylic acid groups (broad SMARTS) is 1. The molecule has 0 amide bonds. The molecule has 0 aliphatic rings. The van der Waals surface area contributed by atoms with E-state index in [4.69, 9.17) is 5.11 Å². The number of unbranched alkanes of at least 4 members (excludes halogenated alkanes) is 13. The first kappa shape index (κ1) is 23.0. The molecule has 0 saturated heterocycles. The Hall–Kier alpha value is -0.258. The Kier molecular flexibility index (Phi) is 21.6. The van der Waals surface area contributed by atoms with Crippen LogP contribution in [0.4, 0.5) is 0 Å². The van der Waals surface area contributed by atoms with E-state index in [1.165, 1.54) is 83.1 Å². The fourth-order valence-electron chi connectivity index (χ4n) is 2.46. The number of carbonyl (C=O) groups is 1. The molecule has 0 aliphatic carbocycles. The standard InChI is InChI=1S/C18H34O2.Al.3H/c1-2-3-4-5-6-7-8-9-10-11-12-13-14-15-16-17-18(19)20;;;;/h16-17H,2-15H2,1H3,(H,19,20);;;;. The van der Waals surface area contributed by atoms with Gasteiger partial charge in [0.1, 0.15) is 0 Å². The Morgan fingerprint density at radius 2 is 1.14 bits per heavy atom. The first-order valence-electron chi connectivity index (χ1n) is 8.67. The molecule has 0 radical (unpaired) electrons. The molecule has 21 heavy (non-hydrogen) atoms. The number of carboxylic acids is 1. The Labute approximate surface area is 142 Å². The lowest BCUT2D eigenvalue weighted by Gasteiger charge is -2.02. The van der Waals surface area contributed by atoms with Gasteiger partial charge in [-0.2, -0.15) is 0 Å². The maximum atomic E-state index is 10.2. The van der Waals surface area contributed by atoms with Gasteiger partial charge < -0.3 is 5.11 Å². The fraction of sp³-hybridized carbons (Fsp3) is 0.833. The molecule has 0 unspecified atom stereocenters. The third kappa shape index (κ3) is 22.2. The van der Waals surface area contributed by atoms with Crippen LogP contribution in [0, 0.1) is 0 Å². The number of hydrogen-bond acceptors (Lipinski definition) is 1. The predicted octanol–water partition coefficient (Wildman–Crippen LogP) is 4.92. The molecule has 3 heteroatoms. The van der Waals surface area contributed by atoms with E-state index in [0.717, 1.165) is 12.8 Å². The molecule has 0 saturated carbocycles. The average Bonchev–Trinajstić information content (AvgIpc) is 2.43. The fourth-order valence-corrected chi connectivity index (χ4v) is 2.46. The Morgan fingerprint density at radius 3 is 1.52 bits per heavy atom. The van der Waals surface area contributed by atoms with Crippen LogP contribution in [0.25, 0.3) is 0 Å². The Balaban J connectivity index is 0. The van der Waals surface area contributed by atoms with E-state index in [0.29, 0.717) is 0 Å². The van der Waals surface area contributed by atoms with Gasteiger partial charge in [0.15, 0.2) is 17.4 Å². The Bertz CT molecular complexity index is 239. The summed E-state index contributed by atoms with van der Waals surface area (Å²) in [6, 6.07) is 0. The van der Waals surface area contributed by atoms with Crippen LogP contribution in [-0.2, 0) is 4.79 Å². The van der Waals surface area contributed by atoms with Gasteiger partial charge in [-0.3, -0.25) is 0 Å². The molecule has 0 fully saturated rings. The molecule has 0 rings (SSSR count). The van der Waals surface area contributed by atoms with E-state index in [-0.39, 0.29) is 17.4 Å². The van der Waals surface area contributed by atoms with E-state index in [1.54, 1.807) is 6.08 Å². The molecule has 0 heterocycles. The number of hydrogen-bond donors (Lipinski definition) is 1. The van der Waals surface area contributed by atoms with Crippen LogP contribution < -0.4 is 0 Å². The highest BCUT2D eigenvalue weighted by Gasteiger charge is 1.93. The first-order chi connectivity index (χ1) is 9.77. The van der Waals surface area contributed by atoms with Crippen molar-refractivity contribution in [1.29, 1.82) is 0 Å². The second kappa shape index (κ2) is 19.7. The van der Waals surface area contributed by atoms with E-state index in [2.05, 4.69) is 6.92 Å². The Morgan fingerprint density at radius 1 is 0.762 bits per heavy atom. The van der Waals surface area contributed by atoms with Crippen LogP contribution in [0.2, 0.25) is 0 Å². The topological polar surface area (TPSA) is 37.3 Å². The lowest BCUT2D eigenvalue weighted by Crippen LogP contribution is -1.86. The van der Waals surface area contributed by atoms with Gasteiger partial charge in [0, 0.05) is 6.08 Å². The van der Waals surface area contributed by atoms with Crippen molar-refractivity contribution >= 4 is 23.3 Å². The van der Waals surface area contributed by atoms with Crippen molar-refractivity contribution in [3.8, 4) is 0 Å². The molecule has 0 aliphatic heterocycles. The quantitative estimate of drug-likeness (QED) is 0.265. The lowest BCUT2D eigenvalue weighted by molar-refractivity contribution is -0.131. The maximum absolute atomic E-state index is 10.2. The summed E-state index contributed by atoms with van der Waals surface area (Å²) >= 11 is 0. The average molecular weight is 312 g/mol. The van der Waals surface area contributed by atoms with Crippen molar-refractivity contribution in [2.24, 2.45) is 0 Å². The van der Waals surface area contributed by atoms with Crippen molar-refractivity contribution < 1.29 is 9.90 Å². The summed E-state index contributed by atoms with van der Waals surface area (Å²) < 4.78 is 0. The molecule has 0 spiro atoms. The third-order valence-electron chi connectivity index (χ3n) is 3.73. The monoisotopic (exact) mass is 312 g/mol. The van der Waals surface area contributed by atoms with Gasteiger partial charge in [-0.15, -0.1) is 0 Å². The second-order valence-corrected chi connectivity index (χ2v) is 5.77. The molecular weight excluding hydrogens is 275 g/mol. The predicted molar refractivity (Wildman–Crippen MR) is 97.0 cm³/mol. The minimum Gasteiger partial charge on any atom is -0.478 e. The van der Waals surface area contributed by atoms with Crippen LogP contribution in [-0.4, -0.2) is 28.4 Å². The van der Waals surface area contributed by atoms with Gasteiger partial charge in [-0.25, -0.2) is 4.79 Å². The van der Waals surface area contributed by atoms with Gasteiger partial charge in [-0.05, 0) is 12.8 Å². The van der Waals surface area contributed by atoms with E-state index in [1.807, 2.05) is 0 Å².